The van der Waals surface area contributed by atoms with Gasteiger partial charge in [-0.3, -0.25) is 4.99 Å². The number of aliphatic imine (C=N–C) groups is 1. The van der Waals surface area contributed by atoms with Crippen molar-refractivity contribution in [2.75, 3.05) is 20.8 Å². The Kier molecular flexibility index (Phi) is 5.32. The van der Waals surface area contributed by atoms with Gasteiger partial charge in [-0.15, -0.1) is 0 Å². The molecular formula is C14H21NO2. The van der Waals surface area contributed by atoms with Crippen molar-refractivity contribution in [3.05, 3.63) is 30.3 Å². The molecule has 17 heavy (non-hydrogen) atoms. The van der Waals surface area contributed by atoms with E-state index in [0.717, 1.165) is 17.8 Å². The fourth-order valence-electron chi connectivity index (χ4n) is 1.56. The van der Waals surface area contributed by atoms with Crippen molar-refractivity contribution in [1.82, 2.24) is 0 Å². The maximum atomic E-state index is 5.56. The van der Waals surface area contributed by atoms with Crippen LogP contribution >= 0.6 is 0 Å². The smallest absolute Gasteiger partial charge is 0.105 e. The van der Waals surface area contributed by atoms with Gasteiger partial charge in [-0.25, -0.2) is 0 Å². The first-order valence-electron chi connectivity index (χ1n) is 5.83. The minimum atomic E-state index is -0.369. The van der Waals surface area contributed by atoms with Gasteiger partial charge in [0.05, 0.1) is 18.0 Å². The van der Waals surface area contributed by atoms with Gasteiger partial charge in [0.15, 0.2) is 0 Å². The number of para-hydroxylation sites is 1. The van der Waals surface area contributed by atoms with E-state index in [4.69, 9.17) is 9.47 Å². The molecule has 3 heteroatoms. The SMILES string of the molecule is CCC(C)(OC)C(COC)=Nc1ccccc1. The summed E-state index contributed by atoms with van der Waals surface area (Å²) in [4.78, 5) is 4.63. The average molecular weight is 235 g/mol. The summed E-state index contributed by atoms with van der Waals surface area (Å²) in [5, 5.41) is 0. The van der Waals surface area contributed by atoms with Gasteiger partial charge in [-0.05, 0) is 25.5 Å². The molecule has 0 N–H and O–H groups in total. The molecule has 0 saturated heterocycles. The van der Waals surface area contributed by atoms with Gasteiger partial charge < -0.3 is 9.47 Å². The van der Waals surface area contributed by atoms with Crippen LogP contribution in [0.1, 0.15) is 20.3 Å². The number of methoxy groups -OCH3 is 2. The second-order valence-corrected chi connectivity index (χ2v) is 4.12. The molecule has 0 aliphatic carbocycles. The molecule has 0 aliphatic heterocycles. The molecule has 0 fully saturated rings. The summed E-state index contributed by atoms with van der Waals surface area (Å²) < 4.78 is 10.8. The van der Waals surface area contributed by atoms with E-state index in [0.29, 0.717) is 6.61 Å². The molecule has 1 aromatic rings. The molecular weight excluding hydrogens is 214 g/mol. The Hall–Kier alpha value is -1.19. The predicted molar refractivity (Wildman–Crippen MR) is 71.1 cm³/mol. The number of hydrogen-bond acceptors (Lipinski definition) is 3. The minimum absolute atomic E-state index is 0.369. The Bertz CT molecular complexity index is 356. The molecule has 0 saturated carbocycles. The summed E-state index contributed by atoms with van der Waals surface area (Å²) in [5.41, 5.74) is 1.47. The summed E-state index contributed by atoms with van der Waals surface area (Å²) in [5.74, 6) is 0. The lowest BCUT2D eigenvalue weighted by molar-refractivity contribution is 0.0564. The topological polar surface area (TPSA) is 30.8 Å². The lowest BCUT2D eigenvalue weighted by Gasteiger charge is -2.28. The van der Waals surface area contributed by atoms with Crippen LogP contribution in [0.25, 0.3) is 0 Å². The molecule has 0 bridgehead atoms. The second kappa shape index (κ2) is 6.52. The Morgan fingerprint density at radius 1 is 1.24 bits per heavy atom. The fourth-order valence-corrected chi connectivity index (χ4v) is 1.56. The molecule has 0 aliphatic rings. The van der Waals surface area contributed by atoms with Crippen LogP contribution in [-0.4, -0.2) is 32.1 Å². The van der Waals surface area contributed by atoms with Crippen LogP contribution < -0.4 is 0 Å². The van der Waals surface area contributed by atoms with Crippen molar-refractivity contribution >= 4 is 11.4 Å². The first-order chi connectivity index (χ1) is 8.16. The van der Waals surface area contributed by atoms with Crippen molar-refractivity contribution in [2.45, 2.75) is 25.9 Å². The van der Waals surface area contributed by atoms with Crippen LogP contribution in [-0.2, 0) is 9.47 Å². The highest BCUT2D eigenvalue weighted by Gasteiger charge is 2.28. The summed E-state index contributed by atoms with van der Waals surface area (Å²) in [6, 6.07) is 9.87. The molecule has 0 spiro atoms. The number of ether oxygens (including phenoxy) is 2. The van der Waals surface area contributed by atoms with Gasteiger partial charge in [0, 0.05) is 14.2 Å². The number of nitrogens with zero attached hydrogens (tertiary/aromatic N) is 1. The molecule has 0 amide bonds. The average Bonchev–Trinajstić information content (AvgIpc) is 2.38. The Morgan fingerprint density at radius 2 is 1.88 bits per heavy atom. The Morgan fingerprint density at radius 3 is 2.35 bits per heavy atom. The van der Waals surface area contributed by atoms with Crippen molar-refractivity contribution in [3.8, 4) is 0 Å². The number of rotatable bonds is 6. The summed E-state index contributed by atoms with van der Waals surface area (Å²) in [6.07, 6.45) is 0.860. The third-order valence-electron chi connectivity index (χ3n) is 3.04. The van der Waals surface area contributed by atoms with Gasteiger partial charge >= 0.3 is 0 Å². The van der Waals surface area contributed by atoms with E-state index >= 15 is 0 Å². The molecule has 1 unspecified atom stereocenters. The summed E-state index contributed by atoms with van der Waals surface area (Å²) >= 11 is 0. The summed E-state index contributed by atoms with van der Waals surface area (Å²) in [6.45, 7) is 4.60. The molecule has 0 aromatic heterocycles. The summed E-state index contributed by atoms with van der Waals surface area (Å²) in [7, 11) is 3.38. The van der Waals surface area contributed by atoms with Crippen molar-refractivity contribution in [3.63, 3.8) is 0 Å². The lowest BCUT2D eigenvalue weighted by Crippen LogP contribution is -2.39. The number of hydrogen-bond donors (Lipinski definition) is 0. The van der Waals surface area contributed by atoms with E-state index in [2.05, 4.69) is 11.9 Å². The highest BCUT2D eigenvalue weighted by atomic mass is 16.5. The van der Waals surface area contributed by atoms with Gasteiger partial charge in [-0.1, -0.05) is 25.1 Å². The third-order valence-corrected chi connectivity index (χ3v) is 3.04. The Balaban J connectivity index is 3.04. The van der Waals surface area contributed by atoms with Crippen molar-refractivity contribution in [1.29, 1.82) is 0 Å². The van der Waals surface area contributed by atoms with Gasteiger partial charge in [0.1, 0.15) is 5.60 Å². The predicted octanol–water partition coefficient (Wildman–Crippen LogP) is 3.22. The van der Waals surface area contributed by atoms with Gasteiger partial charge in [0.25, 0.3) is 0 Å². The third kappa shape index (κ3) is 3.65. The van der Waals surface area contributed by atoms with Crippen molar-refractivity contribution < 1.29 is 9.47 Å². The Labute approximate surface area is 103 Å². The largest absolute Gasteiger partial charge is 0.379 e. The number of benzene rings is 1. The zero-order chi connectivity index (χ0) is 12.7. The molecule has 0 heterocycles. The van der Waals surface area contributed by atoms with Gasteiger partial charge in [-0.2, -0.15) is 0 Å². The van der Waals surface area contributed by atoms with Crippen LogP contribution in [0.3, 0.4) is 0 Å². The van der Waals surface area contributed by atoms with E-state index in [1.165, 1.54) is 0 Å². The quantitative estimate of drug-likeness (QED) is 0.709. The first-order valence-corrected chi connectivity index (χ1v) is 5.83. The van der Waals surface area contributed by atoms with Crippen LogP contribution in [0.4, 0.5) is 5.69 Å². The van der Waals surface area contributed by atoms with Crippen LogP contribution in [0.5, 0.6) is 0 Å². The maximum absolute atomic E-state index is 5.56. The molecule has 1 rings (SSSR count). The van der Waals surface area contributed by atoms with E-state index < -0.39 is 0 Å². The fraction of sp³-hybridized carbons (Fsp3) is 0.500. The van der Waals surface area contributed by atoms with Crippen LogP contribution in [0.15, 0.2) is 35.3 Å². The molecule has 1 aromatic carbocycles. The monoisotopic (exact) mass is 235 g/mol. The van der Waals surface area contributed by atoms with E-state index in [1.54, 1.807) is 14.2 Å². The lowest BCUT2D eigenvalue weighted by atomic mass is 9.96. The standard InChI is InChI=1S/C14H21NO2/c1-5-14(2,17-4)13(11-16-3)15-12-9-7-6-8-10-12/h6-10H,5,11H2,1-4H3. The maximum Gasteiger partial charge on any atom is 0.105 e. The zero-order valence-corrected chi connectivity index (χ0v) is 11.1. The highest BCUT2D eigenvalue weighted by Crippen LogP contribution is 2.21. The molecule has 94 valence electrons. The van der Waals surface area contributed by atoms with E-state index in [9.17, 15) is 0 Å². The first kappa shape index (κ1) is 13.9. The van der Waals surface area contributed by atoms with Crippen LogP contribution in [0, 0.1) is 0 Å². The van der Waals surface area contributed by atoms with E-state index in [-0.39, 0.29) is 5.60 Å². The normalized spacial score (nSPS) is 15.6. The molecule has 1 atom stereocenters. The highest BCUT2D eigenvalue weighted by molar-refractivity contribution is 5.95. The molecule has 3 nitrogen and oxygen atoms in total. The molecule has 0 radical (unpaired) electrons. The minimum Gasteiger partial charge on any atom is -0.379 e. The van der Waals surface area contributed by atoms with Crippen LogP contribution in [0.2, 0.25) is 0 Å². The van der Waals surface area contributed by atoms with Crippen molar-refractivity contribution in [2.24, 2.45) is 4.99 Å². The van der Waals surface area contributed by atoms with Gasteiger partial charge in [0.2, 0.25) is 0 Å². The second-order valence-electron chi connectivity index (χ2n) is 4.12. The van der Waals surface area contributed by atoms with E-state index in [1.807, 2.05) is 37.3 Å². The zero-order valence-electron chi connectivity index (χ0n) is 11.1.